The molecular formula is C19H21NO4. The van der Waals surface area contributed by atoms with E-state index in [1.807, 2.05) is 12.1 Å². The Morgan fingerprint density at radius 1 is 0.958 bits per heavy atom. The highest BCUT2D eigenvalue weighted by Gasteiger charge is 2.24. The van der Waals surface area contributed by atoms with Crippen LogP contribution >= 0.6 is 0 Å². The first kappa shape index (κ1) is 16.2. The van der Waals surface area contributed by atoms with Gasteiger partial charge in [0.25, 0.3) is 5.91 Å². The largest absolute Gasteiger partial charge is 0.493 e. The van der Waals surface area contributed by atoms with E-state index in [4.69, 9.17) is 14.2 Å². The van der Waals surface area contributed by atoms with Gasteiger partial charge in [0, 0.05) is 11.6 Å². The number of rotatable bonds is 5. The van der Waals surface area contributed by atoms with Crippen molar-refractivity contribution in [3.05, 3.63) is 53.1 Å². The van der Waals surface area contributed by atoms with E-state index in [1.165, 1.54) is 32.5 Å². The van der Waals surface area contributed by atoms with Gasteiger partial charge >= 0.3 is 0 Å². The van der Waals surface area contributed by atoms with Crippen molar-refractivity contribution in [2.75, 3.05) is 21.3 Å². The second kappa shape index (κ2) is 6.83. The number of ether oxygens (including phenoxy) is 3. The minimum Gasteiger partial charge on any atom is -0.493 e. The zero-order valence-electron chi connectivity index (χ0n) is 14.1. The van der Waals surface area contributed by atoms with Crippen LogP contribution in [0.5, 0.6) is 17.2 Å². The molecule has 0 radical (unpaired) electrons. The summed E-state index contributed by atoms with van der Waals surface area (Å²) in [5.41, 5.74) is 3.08. The van der Waals surface area contributed by atoms with Crippen LogP contribution in [0.3, 0.4) is 0 Å². The van der Waals surface area contributed by atoms with Crippen LogP contribution in [0.25, 0.3) is 0 Å². The van der Waals surface area contributed by atoms with Gasteiger partial charge in [0.2, 0.25) is 5.75 Å². The van der Waals surface area contributed by atoms with Gasteiger partial charge in [0.15, 0.2) is 11.5 Å². The van der Waals surface area contributed by atoms with Gasteiger partial charge < -0.3 is 19.5 Å². The Balaban J connectivity index is 1.78. The zero-order chi connectivity index (χ0) is 17.1. The van der Waals surface area contributed by atoms with E-state index in [2.05, 4.69) is 17.4 Å². The minimum atomic E-state index is -0.146. The third-order valence-corrected chi connectivity index (χ3v) is 4.31. The lowest BCUT2D eigenvalue weighted by molar-refractivity contribution is 0.0937. The topological polar surface area (TPSA) is 56.8 Å². The molecule has 0 spiro atoms. The third-order valence-electron chi connectivity index (χ3n) is 4.31. The number of hydrogen-bond donors (Lipinski definition) is 1. The zero-order valence-corrected chi connectivity index (χ0v) is 14.1. The fraction of sp³-hybridized carbons (Fsp3) is 0.316. The first-order chi connectivity index (χ1) is 11.7. The second-order valence-electron chi connectivity index (χ2n) is 5.76. The van der Waals surface area contributed by atoms with E-state index in [-0.39, 0.29) is 11.9 Å². The van der Waals surface area contributed by atoms with Gasteiger partial charge in [-0.3, -0.25) is 4.79 Å². The van der Waals surface area contributed by atoms with Crippen LogP contribution in [0.1, 0.15) is 21.5 Å². The van der Waals surface area contributed by atoms with Crippen LogP contribution in [-0.2, 0) is 12.8 Å². The number of carbonyl (C=O) groups is 1. The molecule has 2 aromatic rings. The highest BCUT2D eigenvalue weighted by Crippen LogP contribution is 2.38. The lowest BCUT2D eigenvalue weighted by Gasteiger charge is -2.16. The molecule has 3 rings (SSSR count). The van der Waals surface area contributed by atoms with Crippen LogP contribution in [0.4, 0.5) is 0 Å². The van der Waals surface area contributed by atoms with Crippen molar-refractivity contribution >= 4 is 5.91 Å². The molecule has 1 aliphatic rings. The van der Waals surface area contributed by atoms with E-state index in [0.717, 1.165) is 12.8 Å². The second-order valence-corrected chi connectivity index (χ2v) is 5.76. The molecular weight excluding hydrogens is 306 g/mol. The molecule has 126 valence electrons. The van der Waals surface area contributed by atoms with Gasteiger partial charge in [-0.2, -0.15) is 0 Å². The van der Waals surface area contributed by atoms with Crippen molar-refractivity contribution in [3.63, 3.8) is 0 Å². The predicted octanol–water partition coefficient (Wildman–Crippen LogP) is 2.61. The third kappa shape index (κ3) is 3.02. The summed E-state index contributed by atoms with van der Waals surface area (Å²) >= 11 is 0. The molecule has 5 nitrogen and oxygen atoms in total. The van der Waals surface area contributed by atoms with Crippen molar-refractivity contribution < 1.29 is 19.0 Å². The van der Waals surface area contributed by atoms with Gasteiger partial charge in [0.05, 0.1) is 21.3 Å². The fourth-order valence-electron chi connectivity index (χ4n) is 3.14. The monoisotopic (exact) mass is 327 g/mol. The summed E-state index contributed by atoms with van der Waals surface area (Å²) in [4.78, 5) is 12.6. The number of carbonyl (C=O) groups excluding carboxylic acids is 1. The van der Waals surface area contributed by atoms with Gasteiger partial charge in [-0.1, -0.05) is 24.3 Å². The highest BCUT2D eigenvalue weighted by molar-refractivity contribution is 5.96. The highest BCUT2D eigenvalue weighted by atomic mass is 16.5. The predicted molar refractivity (Wildman–Crippen MR) is 91.2 cm³/mol. The Labute approximate surface area is 141 Å². The summed E-state index contributed by atoms with van der Waals surface area (Å²) in [5, 5.41) is 3.09. The summed E-state index contributed by atoms with van der Waals surface area (Å²) in [6, 6.07) is 11.7. The molecule has 1 N–H and O–H groups in total. The van der Waals surface area contributed by atoms with Crippen molar-refractivity contribution in [2.24, 2.45) is 0 Å². The maximum atomic E-state index is 12.6. The number of nitrogens with one attached hydrogen (secondary N) is 1. The number of methoxy groups -OCH3 is 3. The van der Waals surface area contributed by atoms with Gasteiger partial charge in [0.1, 0.15) is 0 Å². The molecule has 0 unspecified atom stereocenters. The van der Waals surface area contributed by atoms with Crippen molar-refractivity contribution in [1.29, 1.82) is 0 Å². The normalized spacial score (nSPS) is 13.3. The lowest BCUT2D eigenvalue weighted by atomic mass is 10.1. The van der Waals surface area contributed by atoms with E-state index in [1.54, 1.807) is 12.1 Å². The summed E-state index contributed by atoms with van der Waals surface area (Å²) in [6.07, 6.45) is 1.71. The Morgan fingerprint density at radius 2 is 1.50 bits per heavy atom. The smallest absolute Gasteiger partial charge is 0.251 e. The number of fused-ring (bicyclic) bond motifs is 1. The van der Waals surface area contributed by atoms with Crippen LogP contribution in [0, 0.1) is 0 Å². The van der Waals surface area contributed by atoms with Crippen LogP contribution < -0.4 is 19.5 Å². The van der Waals surface area contributed by atoms with Crippen LogP contribution in [0.15, 0.2) is 36.4 Å². The Morgan fingerprint density at radius 3 is 1.96 bits per heavy atom. The molecule has 1 aliphatic carbocycles. The summed E-state index contributed by atoms with van der Waals surface area (Å²) in [5.74, 6) is 1.27. The van der Waals surface area contributed by atoms with Crippen LogP contribution in [0.2, 0.25) is 0 Å². The van der Waals surface area contributed by atoms with E-state index >= 15 is 0 Å². The molecule has 0 atom stereocenters. The minimum absolute atomic E-state index is 0.106. The fourth-order valence-corrected chi connectivity index (χ4v) is 3.14. The standard InChI is InChI=1S/C19H21NO4/c1-22-16-10-14(11-17(23-2)18(16)24-3)19(21)20-15-8-12-6-4-5-7-13(12)9-15/h4-7,10-11,15H,8-9H2,1-3H3,(H,20,21). The average molecular weight is 327 g/mol. The number of amides is 1. The van der Waals surface area contributed by atoms with Crippen LogP contribution in [-0.4, -0.2) is 33.3 Å². The van der Waals surface area contributed by atoms with Gasteiger partial charge in [-0.25, -0.2) is 0 Å². The Hall–Kier alpha value is -2.69. The first-order valence-electron chi connectivity index (χ1n) is 7.84. The van der Waals surface area contributed by atoms with Crippen molar-refractivity contribution in [2.45, 2.75) is 18.9 Å². The van der Waals surface area contributed by atoms with E-state index in [9.17, 15) is 4.79 Å². The van der Waals surface area contributed by atoms with E-state index < -0.39 is 0 Å². The summed E-state index contributed by atoms with van der Waals surface area (Å²) in [7, 11) is 4.61. The molecule has 0 heterocycles. The lowest BCUT2D eigenvalue weighted by Crippen LogP contribution is -2.35. The maximum Gasteiger partial charge on any atom is 0.251 e. The molecule has 0 bridgehead atoms. The number of benzene rings is 2. The molecule has 0 saturated carbocycles. The molecule has 1 amide bonds. The summed E-state index contributed by atoms with van der Waals surface area (Å²) in [6.45, 7) is 0. The molecule has 5 heteroatoms. The SMILES string of the molecule is COc1cc(C(=O)NC2Cc3ccccc3C2)cc(OC)c1OC. The van der Waals surface area contributed by atoms with Gasteiger partial charge in [-0.15, -0.1) is 0 Å². The quantitative estimate of drug-likeness (QED) is 0.917. The van der Waals surface area contributed by atoms with Crippen molar-refractivity contribution in [1.82, 2.24) is 5.32 Å². The number of hydrogen-bond acceptors (Lipinski definition) is 4. The average Bonchev–Trinajstić information content (AvgIpc) is 3.02. The Kier molecular flexibility index (Phi) is 4.60. The Bertz CT molecular complexity index is 707. The molecule has 24 heavy (non-hydrogen) atoms. The first-order valence-corrected chi connectivity index (χ1v) is 7.84. The molecule has 2 aromatic carbocycles. The van der Waals surface area contributed by atoms with Gasteiger partial charge in [-0.05, 0) is 36.1 Å². The van der Waals surface area contributed by atoms with Crippen molar-refractivity contribution in [3.8, 4) is 17.2 Å². The molecule has 0 aliphatic heterocycles. The molecule has 0 aromatic heterocycles. The molecule has 0 saturated heterocycles. The maximum absolute atomic E-state index is 12.6. The van der Waals surface area contributed by atoms with E-state index in [0.29, 0.717) is 22.8 Å². The molecule has 0 fully saturated rings. The summed E-state index contributed by atoms with van der Waals surface area (Å²) < 4.78 is 15.9.